The van der Waals surface area contributed by atoms with Gasteiger partial charge >= 0.3 is 0 Å². The highest BCUT2D eigenvalue weighted by Gasteiger charge is 2.16. The number of carbonyl (C=O) groups is 2. The predicted molar refractivity (Wildman–Crippen MR) is 86.7 cm³/mol. The summed E-state index contributed by atoms with van der Waals surface area (Å²) >= 11 is 0. The van der Waals surface area contributed by atoms with Crippen molar-refractivity contribution in [3.63, 3.8) is 0 Å². The Bertz CT molecular complexity index is 756. The number of hydrogen-bond donors (Lipinski definition) is 2. The molecule has 0 spiro atoms. The van der Waals surface area contributed by atoms with Gasteiger partial charge in [-0.05, 0) is 24.3 Å². The van der Waals surface area contributed by atoms with Crippen LogP contribution in [0.1, 0.15) is 10.4 Å². The summed E-state index contributed by atoms with van der Waals surface area (Å²) in [5.74, 6) is 0.287. The Balaban J connectivity index is 1.69. The predicted octanol–water partition coefficient (Wildman–Crippen LogP) is 1.07. The fraction of sp³-hybridized carbons (Fsp3) is 0.125. The molecule has 23 heavy (non-hydrogen) atoms. The average molecular weight is 309 g/mol. The Hall–Kier alpha value is -3.22. The highest BCUT2D eigenvalue weighted by molar-refractivity contribution is 6.12. The molecule has 2 amide bonds. The minimum absolute atomic E-state index is 0.0364. The average Bonchev–Trinajstić information content (AvgIpc) is 3.00. The van der Waals surface area contributed by atoms with Gasteiger partial charge in [-0.3, -0.25) is 20.2 Å². The quantitative estimate of drug-likeness (QED) is 0.888. The molecular formula is C16H15N5O2. The van der Waals surface area contributed by atoms with E-state index in [4.69, 9.17) is 0 Å². The van der Waals surface area contributed by atoms with Crippen molar-refractivity contribution in [1.29, 1.82) is 0 Å². The summed E-state index contributed by atoms with van der Waals surface area (Å²) in [6.07, 6.45) is 1.49. The van der Waals surface area contributed by atoms with Crippen LogP contribution in [0.25, 0.3) is 0 Å². The molecule has 0 aliphatic carbocycles. The lowest BCUT2D eigenvalue weighted by molar-refractivity contribution is -0.117. The number of guanidine groups is 1. The van der Waals surface area contributed by atoms with Crippen molar-refractivity contribution in [2.45, 2.75) is 0 Å². The van der Waals surface area contributed by atoms with Gasteiger partial charge in [-0.15, -0.1) is 0 Å². The normalized spacial score (nSPS) is 13.3. The van der Waals surface area contributed by atoms with Crippen LogP contribution in [0.5, 0.6) is 0 Å². The minimum Gasteiger partial charge on any atom is -0.329 e. The van der Waals surface area contributed by atoms with Gasteiger partial charge in [-0.25, -0.2) is 9.98 Å². The lowest BCUT2D eigenvalue weighted by Gasteiger charge is -2.18. The van der Waals surface area contributed by atoms with Crippen molar-refractivity contribution in [2.24, 2.45) is 4.99 Å². The maximum atomic E-state index is 12.1. The molecule has 2 heterocycles. The molecule has 0 bridgehead atoms. The first kappa shape index (κ1) is 14.7. The number of carbonyl (C=O) groups excluding carboxylic acids is 2. The summed E-state index contributed by atoms with van der Waals surface area (Å²) in [7, 11) is 1.90. The Labute approximate surface area is 133 Å². The van der Waals surface area contributed by atoms with Crippen molar-refractivity contribution < 1.29 is 9.59 Å². The standard InChI is InChI=1S/C16H15N5O2/c1-21(12-5-3-2-4-6-12)13-8-7-11(9-17-13)15(23)20-16-18-10-14(22)19-16/h2-9H,10H2,1H3,(H2,18,19,20,22,23). The second kappa shape index (κ2) is 6.27. The van der Waals surface area contributed by atoms with Crippen LogP contribution in [0, 0.1) is 0 Å². The van der Waals surface area contributed by atoms with Gasteiger partial charge in [0.1, 0.15) is 12.4 Å². The van der Waals surface area contributed by atoms with Crippen molar-refractivity contribution in [3.05, 3.63) is 54.2 Å². The van der Waals surface area contributed by atoms with E-state index in [2.05, 4.69) is 20.6 Å². The molecule has 1 aliphatic rings. The van der Waals surface area contributed by atoms with Gasteiger partial charge in [0.2, 0.25) is 11.9 Å². The van der Waals surface area contributed by atoms with Gasteiger partial charge in [0.25, 0.3) is 5.91 Å². The Kier molecular flexibility index (Phi) is 4.01. The van der Waals surface area contributed by atoms with Crippen LogP contribution in [0.15, 0.2) is 53.7 Å². The summed E-state index contributed by atoms with van der Waals surface area (Å²) in [6.45, 7) is 0.0364. The molecule has 0 saturated carbocycles. The number of nitrogens with zero attached hydrogens (tertiary/aromatic N) is 3. The maximum Gasteiger partial charge on any atom is 0.259 e. The molecule has 3 rings (SSSR count). The van der Waals surface area contributed by atoms with Crippen molar-refractivity contribution >= 4 is 29.3 Å². The second-order valence-corrected chi connectivity index (χ2v) is 4.97. The molecule has 0 atom stereocenters. The van der Waals surface area contributed by atoms with E-state index < -0.39 is 0 Å². The van der Waals surface area contributed by atoms with Crippen molar-refractivity contribution in [3.8, 4) is 0 Å². The van der Waals surface area contributed by atoms with Crippen LogP contribution in [-0.2, 0) is 4.79 Å². The molecule has 7 heteroatoms. The third kappa shape index (κ3) is 3.34. The largest absolute Gasteiger partial charge is 0.329 e. The molecule has 116 valence electrons. The molecule has 7 nitrogen and oxygen atoms in total. The van der Waals surface area contributed by atoms with Gasteiger partial charge < -0.3 is 4.90 Å². The number of aliphatic imine (C=N–C) groups is 1. The summed E-state index contributed by atoms with van der Waals surface area (Å²) in [6, 6.07) is 13.2. The first-order valence-corrected chi connectivity index (χ1v) is 7.04. The van der Waals surface area contributed by atoms with Crippen LogP contribution in [0.2, 0.25) is 0 Å². The fourth-order valence-electron chi connectivity index (χ4n) is 2.12. The van der Waals surface area contributed by atoms with E-state index in [1.54, 1.807) is 12.1 Å². The zero-order chi connectivity index (χ0) is 16.2. The van der Waals surface area contributed by atoms with Gasteiger partial charge in [-0.1, -0.05) is 18.2 Å². The van der Waals surface area contributed by atoms with Gasteiger partial charge in [-0.2, -0.15) is 0 Å². The number of pyridine rings is 1. The number of aromatic nitrogens is 1. The highest BCUT2D eigenvalue weighted by Crippen LogP contribution is 2.20. The lowest BCUT2D eigenvalue weighted by atomic mass is 10.2. The van der Waals surface area contributed by atoms with E-state index >= 15 is 0 Å². The number of rotatable bonds is 3. The van der Waals surface area contributed by atoms with E-state index in [0.717, 1.165) is 11.5 Å². The molecule has 1 aliphatic heterocycles. The SMILES string of the molecule is CN(c1ccccc1)c1ccc(C(=O)NC2=NCC(=O)N2)cn1. The van der Waals surface area contributed by atoms with E-state index in [9.17, 15) is 9.59 Å². The van der Waals surface area contributed by atoms with Gasteiger partial charge in [0, 0.05) is 18.9 Å². The summed E-state index contributed by atoms with van der Waals surface area (Å²) < 4.78 is 0. The Morgan fingerprint density at radius 2 is 2.00 bits per heavy atom. The number of anilines is 2. The first-order valence-electron chi connectivity index (χ1n) is 7.04. The molecule has 2 N–H and O–H groups in total. The maximum absolute atomic E-state index is 12.1. The monoisotopic (exact) mass is 309 g/mol. The Morgan fingerprint density at radius 3 is 2.61 bits per heavy atom. The zero-order valence-electron chi connectivity index (χ0n) is 12.5. The first-order chi connectivity index (χ1) is 11.1. The zero-order valence-corrected chi connectivity index (χ0v) is 12.5. The van der Waals surface area contributed by atoms with E-state index in [1.165, 1.54) is 6.20 Å². The van der Waals surface area contributed by atoms with Crippen LogP contribution < -0.4 is 15.5 Å². The summed E-state index contributed by atoms with van der Waals surface area (Å²) in [5.41, 5.74) is 1.39. The molecule has 0 radical (unpaired) electrons. The summed E-state index contributed by atoms with van der Waals surface area (Å²) in [4.78, 5) is 33.2. The number of benzene rings is 1. The third-order valence-electron chi connectivity index (χ3n) is 3.37. The second-order valence-electron chi connectivity index (χ2n) is 4.97. The number of amides is 2. The van der Waals surface area contributed by atoms with Gasteiger partial charge in [0.15, 0.2) is 0 Å². The molecule has 0 fully saturated rings. The summed E-state index contributed by atoms with van der Waals surface area (Å²) in [5, 5.41) is 4.99. The van der Waals surface area contributed by atoms with Crippen molar-refractivity contribution in [2.75, 3.05) is 18.5 Å². The Morgan fingerprint density at radius 1 is 1.22 bits per heavy atom. The highest BCUT2D eigenvalue weighted by atomic mass is 16.2. The van der Waals surface area contributed by atoms with Crippen molar-refractivity contribution in [1.82, 2.24) is 15.6 Å². The molecule has 1 aromatic heterocycles. The number of nitrogens with one attached hydrogen (secondary N) is 2. The van der Waals surface area contributed by atoms with Crippen LogP contribution in [0.4, 0.5) is 11.5 Å². The van der Waals surface area contributed by atoms with E-state index in [0.29, 0.717) is 5.56 Å². The molecule has 2 aromatic rings. The van der Waals surface area contributed by atoms with Crippen LogP contribution >= 0.6 is 0 Å². The smallest absolute Gasteiger partial charge is 0.259 e. The minimum atomic E-state index is -0.368. The molecule has 1 aromatic carbocycles. The fourth-order valence-corrected chi connectivity index (χ4v) is 2.12. The van der Waals surface area contributed by atoms with E-state index in [1.807, 2.05) is 42.3 Å². The molecular weight excluding hydrogens is 294 g/mol. The van der Waals surface area contributed by atoms with Gasteiger partial charge in [0.05, 0.1) is 5.56 Å². The topological polar surface area (TPSA) is 86.7 Å². The number of para-hydroxylation sites is 1. The van der Waals surface area contributed by atoms with E-state index in [-0.39, 0.29) is 24.3 Å². The molecule has 0 unspecified atom stereocenters. The molecule has 0 saturated heterocycles. The third-order valence-corrected chi connectivity index (χ3v) is 3.37. The lowest BCUT2D eigenvalue weighted by Crippen LogP contribution is -2.40. The number of hydrogen-bond acceptors (Lipinski definition) is 5. The van der Waals surface area contributed by atoms with Crippen LogP contribution in [0.3, 0.4) is 0 Å². The van der Waals surface area contributed by atoms with Crippen LogP contribution in [-0.4, -0.2) is 36.4 Å².